The molecule has 0 spiro atoms. The highest BCUT2D eigenvalue weighted by atomic mass is 79.9. The predicted octanol–water partition coefficient (Wildman–Crippen LogP) is 4.05. The largest absolute Gasteiger partial charge is 0.379 e. The van der Waals surface area contributed by atoms with Crippen molar-refractivity contribution in [3.63, 3.8) is 0 Å². The average molecular weight is 346 g/mol. The molecule has 2 heterocycles. The number of nitrogens with one attached hydrogen (secondary N) is 1. The van der Waals surface area contributed by atoms with E-state index < -0.39 is 0 Å². The van der Waals surface area contributed by atoms with Crippen molar-refractivity contribution in [1.82, 2.24) is 9.88 Å². The molecule has 0 atom stereocenters. The van der Waals surface area contributed by atoms with Gasteiger partial charge in [-0.05, 0) is 65.6 Å². The molecule has 110 valence electrons. The first-order chi connectivity index (χ1) is 10.3. The smallest absolute Gasteiger partial charge is 0.106 e. The molecule has 0 unspecified atom stereocenters. The fraction of sp³-hybridized carbons (Fsp3) is 0.353. The summed E-state index contributed by atoms with van der Waals surface area (Å²) in [5, 5.41) is 3.52. The fourth-order valence-electron chi connectivity index (χ4n) is 2.75. The highest BCUT2D eigenvalue weighted by Gasteiger charge is 2.13. The first kappa shape index (κ1) is 14.5. The van der Waals surface area contributed by atoms with E-state index in [-0.39, 0.29) is 0 Å². The number of aromatic nitrogens is 1. The topological polar surface area (TPSA) is 28.2 Å². The Morgan fingerprint density at radius 3 is 2.67 bits per heavy atom. The maximum absolute atomic E-state index is 4.46. The summed E-state index contributed by atoms with van der Waals surface area (Å²) in [5.74, 6) is 0. The van der Waals surface area contributed by atoms with E-state index in [1.807, 2.05) is 18.2 Å². The Morgan fingerprint density at radius 1 is 1.05 bits per heavy atom. The van der Waals surface area contributed by atoms with Crippen molar-refractivity contribution in [3.8, 4) is 0 Å². The van der Waals surface area contributed by atoms with Crippen LogP contribution >= 0.6 is 15.9 Å². The molecule has 0 bridgehead atoms. The van der Waals surface area contributed by atoms with Crippen LogP contribution in [-0.2, 0) is 13.1 Å². The molecule has 3 rings (SSSR count). The van der Waals surface area contributed by atoms with Gasteiger partial charge in [0.05, 0.1) is 12.2 Å². The van der Waals surface area contributed by atoms with E-state index in [4.69, 9.17) is 0 Å². The minimum Gasteiger partial charge on any atom is -0.379 e. The van der Waals surface area contributed by atoms with Gasteiger partial charge in [0.2, 0.25) is 0 Å². The Balaban J connectivity index is 1.67. The second-order valence-corrected chi connectivity index (χ2v) is 6.26. The van der Waals surface area contributed by atoms with Crippen molar-refractivity contribution >= 4 is 21.6 Å². The molecule has 1 fully saturated rings. The van der Waals surface area contributed by atoms with Gasteiger partial charge in [-0.25, -0.2) is 4.98 Å². The average Bonchev–Trinajstić information content (AvgIpc) is 2.99. The van der Waals surface area contributed by atoms with Gasteiger partial charge in [0.15, 0.2) is 0 Å². The number of hydrogen-bond donors (Lipinski definition) is 1. The summed E-state index contributed by atoms with van der Waals surface area (Å²) in [5.41, 5.74) is 3.63. The molecule has 3 nitrogen and oxygen atoms in total. The quantitative estimate of drug-likeness (QED) is 0.828. The Morgan fingerprint density at radius 2 is 1.86 bits per heavy atom. The number of halogens is 1. The lowest BCUT2D eigenvalue weighted by atomic mass is 10.1. The van der Waals surface area contributed by atoms with E-state index in [1.54, 1.807) is 0 Å². The van der Waals surface area contributed by atoms with Crippen molar-refractivity contribution < 1.29 is 0 Å². The summed E-state index contributed by atoms with van der Waals surface area (Å²) in [7, 11) is 0. The molecule has 1 aliphatic heterocycles. The Hall–Kier alpha value is -1.39. The molecule has 0 radical (unpaired) electrons. The zero-order valence-electron chi connectivity index (χ0n) is 12.1. The highest BCUT2D eigenvalue weighted by molar-refractivity contribution is 9.10. The summed E-state index contributed by atoms with van der Waals surface area (Å²) in [4.78, 5) is 6.99. The number of likely N-dealkylation sites (tertiary alicyclic amines) is 1. The lowest BCUT2D eigenvalue weighted by Gasteiger charge is -2.18. The third-order valence-electron chi connectivity index (χ3n) is 3.84. The first-order valence-electron chi connectivity index (χ1n) is 7.47. The second-order valence-electron chi connectivity index (χ2n) is 5.45. The summed E-state index contributed by atoms with van der Waals surface area (Å²) < 4.78 is 0.882. The number of nitrogens with zero attached hydrogens (tertiary/aromatic N) is 2. The summed E-state index contributed by atoms with van der Waals surface area (Å²) in [6, 6.07) is 14.6. The van der Waals surface area contributed by atoms with Gasteiger partial charge in [0, 0.05) is 12.2 Å². The van der Waals surface area contributed by atoms with Crippen molar-refractivity contribution in [2.24, 2.45) is 0 Å². The predicted molar refractivity (Wildman–Crippen MR) is 90.2 cm³/mol. The van der Waals surface area contributed by atoms with Crippen LogP contribution in [0, 0.1) is 0 Å². The lowest BCUT2D eigenvalue weighted by molar-refractivity contribution is 0.332. The summed E-state index contributed by atoms with van der Waals surface area (Å²) in [6.45, 7) is 4.23. The zero-order chi connectivity index (χ0) is 14.5. The van der Waals surface area contributed by atoms with Crippen molar-refractivity contribution in [3.05, 3.63) is 58.3 Å². The molecule has 0 aliphatic carbocycles. The van der Waals surface area contributed by atoms with Crippen LogP contribution in [0.1, 0.15) is 24.1 Å². The van der Waals surface area contributed by atoms with Crippen molar-refractivity contribution in [2.45, 2.75) is 25.9 Å². The molecular weight excluding hydrogens is 326 g/mol. The van der Waals surface area contributed by atoms with Gasteiger partial charge < -0.3 is 5.32 Å². The Bertz CT molecular complexity index is 594. The molecule has 1 aromatic carbocycles. The van der Waals surface area contributed by atoms with Gasteiger partial charge in [0.1, 0.15) is 4.60 Å². The van der Waals surface area contributed by atoms with Crippen molar-refractivity contribution in [2.75, 3.05) is 18.4 Å². The molecule has 1 aromatic heterocycles. The molecule has 1 aliphatic rings. The van der Waals surface area contributed by atoms with E-state index in [9.17, 15) is 0 Å². The van der Waals surface area contributed by atoms with Crippen LogP contribution in [0.2, 0.25) is 0 Å². The van der Waals surface area contributed by atoms with Gasteiger partial charge >= 0.3 is 0 Å². The first-order valence-corrected chi connectivity index (χ1v) is 8.26. The molecular formula is C17H20BrN3. The van der Waals surface area contributed by atoms with Crippen LogP contribution in [-0.4, -0.2) is 23.0 Å². The van der Waals surface area contributed by atoms with Gasteiger partial charge in [-0.3, -0.25) is 4.90 Å². The van der Waals surface area contributed by atoms with Crippen LogP contribution < -0.4 is 5.32 Å². The number of hydrogen-bond acceptors (Lipinski definition) is 3. The highest BCUT2D eigenvalue weighted by Crippen LogP contribution is 2.20. The Kier molecular flexibility index (Phi) is 4.88. The van der Waals surface area contributed by atoms with E-state index in [0.717, 1.165) is 23.4 Å². The van der Waals surface area contributed by atoms with Gasteiger partial charge in [-0.15, -0.1) is 0 Å². The third-order valence-corrected chi connectivity index (χ3v) is 4.28. The summed E-state index contributed by atoms with van der Waals surface area (Å²) >= 11 is 3.42. The Labute approximate surface area is 134 Å². The number of benzene rings is 1. The van der Waals surface area contributed by atoms with E-state index in [1.165, 1.54) is 37.2 Å². The lowest BCUT2D eigenvalue weighted by Crippen LogP contribution is -2.19. The fourth-order valence-corrected chi connectivity index (χ4v) is 3.13. The zero-order valence-corrected chi connectivity index (χ0v) is 13.6. The minimum atomic E-state index is 0.746. The monoisotopic (exact) mass is 345 g/mol. The van der Waals surface area contributed by atoms with Gasteiger partial charge in [-0.1, -0.05) is 24.3 Å². The molecule has 1 saturated heterocycles. The van der Waals surface area contributed by atoms with Crippen LogP contribution in [0.5, 0.6) is 0 Å². The molecule has 0 saturated carbocycles. The third kappa shape index (κ3) is 4.05. The standard InChI is InChI=1S/C17H20BrN3/c18-17-9-5-7-15(20-17)12-19-16-8-2-1-6-14(16)13-21-10-3-4-11-21/h1-2,5-9,19H,3-4,10-13H2. The second kappa shape index (κ2) is 7.05. The maximum atomic E-state index is 4.46. The van der Waals surface area contributed by atoms with Crippen LogP contribution in [0.3, 0.4) is 0 Å². The minimum absolute atomic E-state index is 0.746. The van der Waals surface area contributed by atoms with E-state index in [2.05, 4.69) is 55.4 Å². The number of anilines is 1. The molecule has 1 N–H and O–H groups in total. The van der Waals surface area contributed by atoms with Crippen molar-refractivity contribution in [1.29, 1.82) is 0 Å². The number of rotatable bonds is 5. The van der Waals surface area contributed by atoms with Gasteiger partial charge in [0.25, 0.3) is 0 Å². The SMILES string of the molecule is Brc1cccc(CNc2ccccc2CN2CCCC2)n1. The van der Waals surface area contributed by atoms with Crippen LogP contribution in [0.15, 0.2) is 47.1 Å². The van der Waals surface area contributed by atoms with Crippen LogP contribution in [0.4, 0.5) is 5.69 Å². The molecule has 0 amide bonds. The normalized spacial score (nSPS) is 15.3. The van der Waals surface area contributed by atoms with E-state index in [0.29, 0.717) is 0 Å². The van der Waals surface area contributed by atoms with E-state index >= 15 is 0 Å². The number of para-hydroxylation sites is 1. The van der Waals surface area contributed by atoms with Gasteiger partial charge in [-0.2, -0.15) is 0 Å². The molecule has 21 heavy (non-hydrogen) atoms. The number of pyridine rings is 1. The van der Waals surface area contributed by atoms with Crippen LogP contribution in [0.25, 0.3) is 0 Å². The maximum Gasteiger partial charge on any atom is 0.106 e. The molecule has 2 aromatic rings. The molecule has 4 heteroatoms. The summed E-state index contributed by atoms with van der Waals surface area (Å²) in [6.07, 6.45) is 2.66.